The molecule has 1 heterocycles. The number of nitrogens with two attached hydrogens (primary N) is 1. The second kappa shape index (κ2) is 7.06. The van der Waals surface area contributed by atoms with Crippen molar-refractivity contribution in [1.29, 1.82) is 0 Å². The molecule has 0 unspecified atom stereocenters. The van der Waals surface area contributed by atoms with Gasteiger partial charge >= 0.3 is 0 Å². The molecule has 0 aliphatic carbocycles. The fraction of sp³-hybridized carbons (Fsp3) is 0.538. The molecule has 6 nitrogen and oxygen atoms in total. The van der Waals surface area contributed by atoms with E-state index in [1.807, 2.05) is 0 Å². The summed E-state index contributed by atoms with van der Waals surface area (Å²) in [5.74, 6) is 0. The quantitative estimate of drug-likeness (QED) is 0.746. The molecule has 1 fully saturated rings. The second-order valence-electron chi connectivity index (χ2n) is 4.99. The molecule has 1 saturated heterocycles. The van der Waals surface area contributed by atoms with Gasteiger partial charge < -0.3 is 10.5 Å². The highest BCUT2D eigenvalue weighted by Crippen LogP contribution is 2.26. The van der Waals surface area contributed by atoms with Crippen LogP contribution in [-0.4, -0.2) is 52.7 Å². The number of nitrogens with one attached hydrogen (secondary N) is 1. The van der Waals surface area contributed by atoms with Gasteiger partial charge in [-0.15, -0.1) is 0 Å². The molecule has 0 atom stereocenters. The normalized spacial score (nSPS) is 17.0. The van der Waals surface area contributed by atoms with E-state index in [1.54, 1.807) is 13.0 Å². The van der Waals surface area contributed by atoms with Crippen LogP contribution in [0, 0.1) is 6.92 Å². The molecular formula is C13H20BrN3O3S. The summed E-state index contributed by atoms with van der Waals surface area (Å²) in [6.07, 6.45) is 0. The van der Waals surface area contributed by atoms with Gasteiger partial charge in [-0.25, -0.2) is 13.1 Å². The molecule has 2 rings (SSSR count). The van der Waals surface area contributed by atoms with E-state index in [4.69, 9.17) is 10.5 Å². The number of benzene rings is 1. The van der Waals surface area contributed by atoms with Crippen LogP contribution in [-0.2, 0) is 14.8 Å². The molecular weight excluding hydrogens is 358 g/mol. The van der Waals surface area contributed by atoms with Gasteiger partial charge in [-0.1, -0.05) is 0 Å². The lowest BCUT2D eigenvalue weighted by molar-refractivity contribution is 0.0390. The average molecular weight is 378 g/mol. The number of rotatable bonds is 5. The molecule has 21 heavy (non-hydrogen) atoms. The van der Waals surface area contributed by atoms with Crippen LogP contribution < -0.4 is 10.5 Å². The topological polar surface area (TPSA) is 84.7 Å². The van der Waals surface area contributed by atoms with Gasteiger partial charge in [0.25, 0.3) is 0 Å². The van der Waals surface area contributed by atoms with Crippen LogP contribution in [0.3, 0.4) is 0 Å². The summed E-state index contributed by atoms with van der Waals surface area (Å²) in [4.78, 5) is 2.40. The van der Waals surface area contributed by atoms with E-state index in [1.165, 1.54) is 6.07 Å². The van der Waals surface area contributed by atoms with Crippen molar-refractivity contribution >= 4 is 31.6 Å². The maximum Gasteiger partial charge on any atom is 0.240 e. The van der Waals surface area contributed by atoms with Gasteiger partial charge in [-0.3, -0.25) is 4.90 Å². The lowest BCUT2D eigenvalue weighted by atomic mass is 10.2. The molecule has 0 saturated carbocycles. The highest BCUT2D eigenvalue weighted by atomic mass is 79.9. The lowest BCUT2D eigenvalue weighted by Crippen LogP contribution is -2.41. The molecule has 0 aromatic heterocycles. The van der Waals surface area contributed by atoms with Gasteiger partial charge in [-0.05, 0) is 40.5 Å². The molecule has 0 amide bonds. The van der Waals surface area contributed by atoms with Crippen molar-refractivity contribution in [3.05, 3.63) is 22.2 Å². The largest absolute Gasteiger partial charge is 0.398 e. The van der Waals surface area contributed by atoms with E-state index in [2.05, 4.69) is 25.6 Å². The van der Waals surface area contributed by atoms with Crippen molar-refractivity contribution in [3.63, 3.8) is 0 Å². The first kappa shape index (κ1) is 16.7. The Kier molecular flexibility index (Phi) is 5.61. The summed E-state index contributed by atoms with van der Waals surface area (Å²) in [5, 5.41) is 0. The molecule has 118 valence electrons. The minimum atomic E-state index is -3.54. The number of morpholine rings is 1. The SMILES string of the molecule is Cc1cc(Br)c(N)cc1S(=O)(=O)NCCN1CCOCC1. The minimum absolute atomic E-state index is 0.227. The Balaban J connectivity index is 1.99. The fourth-order valence-electron chi connectivity index (χ4n) is 2.20. The average Bonchev–Trinajstić information content (AvgIpc) is 2.43. The molecule has 1 aliphatic heterocycles. The maximum absolute atomic E-state index is 12.3. The van der Waals surface area contributed by atoms with Crippen molar-refractivity contribution in [2.75, 3.05) is 45.1 Å². The van der Waals surface area contributed by atoms with Crippen LogP contribution in [0.1, 0.15) is 5.56 Å². The Hall–Kier alpha value is -0.670. The fourth-order valence-corrected chi connectivity index (χ4v) is 3.94. The number of nitrogens with zero attached hydrogens (tertiary/aromatic N) is 1. The number of hydrogen-bond donors (Lipinski definition) is 2. The van der Waals surface area contributed by atoms with E-state index in [0.717, 1.165) is 13.1 Å². The van der Waals surface area contributed by atoms with E-state index in [0.29, 0.717) is 42.0 Å². The van der Waals surface area contributed by atoms with E-state index in [-0.39, 0.29) is 4.90 Å². The summed E-state index contributed by atoms with van der Waals surface area (Å²) in [7, 11) is -3.54. The smallest absolute Gasteiger partial charge is 0.240 e. The zero-order valence-electron chi connectivity index (χ0n) is 11.9. The van der Waals surface area contributed by atoms with Crippen LogP contribution in [0.15, 0.2) is 21.5 Å². The van der Waals surface area contributed by atoms with Gasteiger partial charge in [0.15, 0.2) is 0 Å². The summed E-state index contributed by atoms with van der Waals surface area (Å²) >= 11 is 3.29. The number of nitrogen functional groups attached to an aromatic ring is 1. The Morgan fingerprint density at radius 1 is 1.38 bits per heavy atom. The van der Waals surface area contributed by atoms with Gasteiger partial charge in [-0.2, -0.15) is 0 Å². The molecule has 8 heteroatoms. The van der Waals surface area contributed by atoms with Gasteiger partial charge in [0, 0.05) is 36.3 Å². The Morgan fingerprint density at radius 2 is 2.05 bits per heavy atom. The first-order valence-corrected chi connectivity index (χ1v) is 9.03. The summed E-state index contributed by atoms with van der Waals surface area (Å²) in [5.41, 5.74) is 6.84. The summed E-state index contributed by atoms with van der Waals surface area (Å²) < 4.78 is 33.3. The van der Waals surface area contributed by atoms with E-state index in [9.17, 15) is 8.42 Å². The van der Waals surface area contributed by atoms with Gasteiger partial charge in [0.05, 0.1) is 18.1 Å². The first-order chi connectivity index (χ1) is 9.90. The highest BCUT2D eigenvalue weighted by Gasteiger charge is 2.19. The summed E-state index contributed by atoms with van der Waals surface area (Å²) in [6, 6.07) is 3.20. The van der Waals surface area contributed by atoms with Crippen LogP contribution in [0.2, 0.25) is 0 Å². The third-order valence-electron chi connectivity index (χ3n) is 3.41. The zero-order valence-corrected chi connectivity index (χ0v) is 14.3. The second-order valence-corrected chi connectivity index (χ2v) is 7.58. The van der Waals surface area contributed by atoms with Crippen LogP contribution in [0.25, 0.3) is 0 Å². The standard InChI is InChI=1S/C13H20BrN3O3S/c1-10-8-11(14)12(15)9-13(10)21(18,19)16-2-3-17-4-6-20-7-5-17/h8-9,16H,2-7,15H2,1H3. The van der Waals surface area contributed by atoms with Crippen LogP contribution in [0.5, 0.6) is 0 Å². The molecule has 0 spiro atoms. The van der Waals surface area contributed by atoms with E-state index < -0.39 is 10.0 Å². The first-order valence-electron chi connectivity index (χ1n) is 6.75. The number of sulfonamides is 1. The zero-order chi connectivity index (χ0) is 15.5. The van der Waals surface area contributed by atoms with Crippen LogP contribution in [0.4, 0.5) is 5.69 Å². The Morgan fingerprint density at radius 3 is 2.71 bits per heavy atom. The lowest BCUT2D eigenvalue weighted by Gasteiger charge is -2.26. The Bertz CT molecular complexity index is 601. The van der Waals surface area contributed by atoms with Crippen molar-refractivity contribution < 1.29 is 13.2 Å². The number of ether oxygens (including phenoxy) is 1. The molecule has 0 bridgehead atoms. The Labute approximate surface area is 133 Å². The minimum Gasteiger partial charge on any atom is -0.398 e. The number of anilines is 1. The number of aryl methyl sites for hydroxylation is 1. The third-order valence-corrected chi connectivity index (χ3v) is 5.70. The predicted molar refractivity (Wildman–Crippen MR) is 85.7 cm³/mol. The third kappa shape index (κ3) is 4.40. The molecule has 1 aliphatic rings. The molecule has 1 aromatic rings. The predicted octanol–water partition coefficient (Wildman–Crippen LogP) is 0.950. The van der Waals surface area contributed by atoms with Crippen molar-refractivity contribution in [2.24, 2.45) is 0 Å². The monoisotopic (exact) mass is 377 g/mol. The van der Waals surface area contributed by atoms with Gasteiger partial charge in [0.2, 0.25) is 10.0 Å². The molecule has 3 N–H and O–H groups in total. The number of halogens is 1. The number of hydrogen-bond acceptors (Lipinski definition) is 5. The molecule has 0 radical (unpaired) electrons. The maximum atomic E-state index is 12.3. The van der Waals surface area contributed by atoms with E-state index >= 15 is 0 Å². The van der Waals surface area contributed by atoms with Crippen LogP contribution >= 0.6 is 15.9 Å². The highest BCUT2D eigenvalue weighted by molar-refractivity contribution is 9.10. The van der Waals surface area contributed by atoms with Crippen molar-refractivity contribution in [2.45, 2.75) is 11.8 Å². The van der Waals surface area contributed by atoms with Crippen molar-refractivity contribution in [3.8, 4) is 0 Å². The molecule has 1 aromatic carbocycles. The van der Waals surface area contributed by atoms with Gasteiger partial charge in [0.1, 0.15) is 0 Å². The van der Waals surface area contributed by atoms with Crippen molar-refractivity contribution in [1.82, 2.24) is 9.62 Å². The summed E-state index contributed by atoms with van der Waals surface area (Å²) in [6.45, 7) is 5.88.